The summed E-state index contributed by atoms with van der Waals surface area (Å²) in [4.78, 5) is 12.6. The Morgan fingerprint density at radius 2 is 1.36 bits per heavy atom. The second-order valence-corrected chi connectivity index (χ2v) is 5.82. The van der Waals surface area contributed by atoms with Gasteiger partial charge < -0.3 is 0 Å². The molecule has 3 aromatic carbocycles. The van der Waals surface area contributed by atoms with Crippen LogP contribution in [0.1, 0.15) is 0 Å². The fourth-order valence-electron chi connectivity index (χ4n) is 3.53. The predicted molar refractivity (Wildman–Crippen MR) is 89.6 cm³/mol. The van der Waals surface area contributed by atoms with Crippen molar-refractivity contribution >= 4 is 39.9 Å². The number of carbonyl (C=O) groups excluding carboxylic acids is 1. The van der Waals surface area contributed by atoms with Gasteiger partial charge in [-0.05, 0) is 61.5 Å². The maximum absolute atomic E-state index is 12.6. The van der Waals surface area contributed by atoms with E-state index in [1.165, 1.54) is 10.8 Å². The number of ketones is 1. The highest BCUT2D eigenvalue weighted by atomic mass is 16.1. The van der Waals surface area contributed by atoms with Gasteiger partial charge in [-0.25, -0.2) is 0 Å². The Bertz CT molecular complexity index is 1230. The molecule has 1 heteroatoms. The maximum Gasteiger partial charge on any atom is 0.187 e. The summed E-state index contributed by atoms with van der Waals surface area (Å²) in [5.74, 6) is 0.110. The number of fused-ring (bicyclic) bond motifs is 4. The number of carbonyl (C=O) groups is 1. The Kier molecular flexibility index (Phi) is 2.15. The van der Waals surface area contributed by atoms with Crippen LogP contribution in [0.15, 0.2) is 60.7 Å². The summed E-state index contributed by atoms with van der Waals surface area (Å²) in [6.45, 7) is 0. The molecule has 0 radical (unpaired) electrons. The lowest BCUT2D eigenvalue weighted by atomic mass is 9.93. The van der Waals surface area contributed by atoms with Gasteiger partial charge in [0.15, 0.2) is 5.78 Å². The molecule has 0 aliphatic heterocycles. The molecule has 5 rings (SSSR count). The summed E-state index contributed by atoms with van der Waals surface area (Å²) in [7, 11) is 0. The fourth-order valence-corrected chi connectivity index (χ4v) is 3.53. The Balaban J connectivity index is 2.06. The molecule has 0 heterocycles. The molecule has 1 nitrogen and oxygen atoms in total. The normalized spacial score (nSPS) is 15.0. The van der Waals surface area contributed by atoms with Gasteiger partial charge in [0.05, 0.1) is 0 Å². The SMILES string of the molecule is O=C1C=c2cc3ccccc3cc2=C2C=c3ccccc3=C12. The highest BCUT2D eigenvalue weighted by Gasteiger charge is 2.21. The number of hydrogen-bond acceptors (Lipinski definition) is 1. The van der Waals surface area contributed by atoms with Gasteiger partial charge in [-0.15, -0.1) is 0 Å². The van der Waals surface area contributed by atoms with E-state index in [1.807, 2.05) is 24.3 Å². The molecule has 0 amide bonds. The van der Waals surface area contributed by atoms with Gasteiger partial charge >= 0.3 is 0 Å². The van der Waals surface area contributed by atoms with Crippen molar-refractivity contribution in [2.24, 2.45) is 0 Å². The Morgan fingerprint density at radius 1 is 0.636 bits per heavy atom. The molecule has 0 fully saturated rings. The average molecular weight is 280 g/mol. The Hall–Kier alpha value is -2.93. The summed E-state index contributed by atoms with van der Waals surface area (Å²) in [6, 6.07) is 20.7. The summed E-state index contributed by atoms with van der Waals surface area (Å²) in [5.41, 5.74) is 1.91. The van der Waals surface area contributed by atoms with E-state index in [1.54, 1.807) is 6.08 Å². The molecule has 0 unspecified atom stereocenters. The highest BCUT2D eigenvalue weighted by molar-refractivity contribution is 6.44. The topological polar surface area (TPSA) is 17.1 Å². The van der Waals surface area contributed by atoms with Crippen LogP contribution in [-0.4, -0.2) is 5.78 Å². The third-order valence-electron chi connectivity index (χ3n) is 4.54. The molecule has 0 atom stereocenters. The van der Waals surface area contributed by atoms with Crippen molar-refractivity contribution in [2.45, 2.75) is 0 Å². The van der Waals surface area contributed by atoms with Crippen LogP contribution in [0.5, 0.6) is 0 Å². The summed E-state index contributed by atoms with van der Waals surface area (Å²) in [6.07, 6.45) is 3.92. The third-order valence-corrected chi connectivity index (χ3v) is 4.54. The summed E-state index contributed by atoms with van der Waals surface area (Å²) < 4.78 is 0. The van der Waals surface area contributed by atoms with Crippen molar-refractivity contribution in [2.75, 3.05) is 0 Å². The minimum absolute atomic E-state index is 0.110. The monoisotopic (exact) mass is 280 g/mol. The zero-order chi connectivity index (χ0) is 14.7. The molecule has 0 saturated heterocycles. The van der Waals surface area contributed by atoms with E-state index in [4.69, 9.17) is 0 Å². The van der Waals surface area contributed by atoms with Crippen LogP contribution < -0.4 is 20.9 Å². The predicted octanol–water partition coefficient (Wildman–Crippen LogP) is 0.999. The molecule has 0 bridgehead atoms. The minimum Gasteiger partial charge on any atom is -0.289 e. The minimum atomic E-state index is 0.110. The Labute approximate surface area is 126 Å². The van der Waals surface area contributed by atoms with Gasteiger partial charge in [0.25, 0.3) is 0 Å². The van der Waals surface area contributed by atoms with E-state index < -0.39 is 0 Å². The molecule has 0 spiro atoms. The largest absolute Gasteiger partial charge is 0.289 e. The summed E-state index contributed by atoms with van der Waals surface area (Å²) in [5, 5.41) is 6.74. The first-order valence-electron chi connectivity index (χ1n) is 7.42. The van der Waals surface area contributed by atoms with Crippen LogP contribution in [0, 0.1) is 0 Å². The maximum atomic E-state index is 12.6. The second-order valence-electron chi connectivity index (χ2n) is 5.82. The highest BCUT2D eigenvalue weighted by Crippen LogP contribution is 2.19. The van der Waals surface area contributed by atoms with Gasteiger partial charge in [0, 0.05) is 5.57 Å². The smallest absolute Gasteiger partial charge is 0.187 e. The lowest BCUT2D eigenvalue weighted by molar-refractivity contribution is -0.108. The molecule has 102 valence electrons. The zero-order valence-electron chi connectivity index (χ0n) is 11.8. The van der Waals surface area contributed by atoms with Gasteiger partial charge in [-0.1, -0.05) is 48.5 Å². The first-order valence-corrected chi connectivity index (χ1v) is 7.42. The first kappa shape index (κ1) is 11.7. The van der Waals surface area contributed by atoms with Gasteiger partial charge in [0.1, 0.15) is 0 Å². The van der Waals surface area contributed by atoms with Crippen LogP contribution in [-0.2, 0) is 4.79 Å². The number of Topliss-reactive ketones (excluding diaryl/α,β-unsaturated/α-hetero) is 1. The molecular weight excluding hydrogens is 268 g/mol. The van der Waals surface area contributed by atoms with Gasteiger partial charge in [-0.2, -0.15) is 0 Å². The molecule has 0 N–H and O–H groups in total. The zero-order valence-corrected chi connectivity index (χ0v) is 11.8. The molecular formula is C21H12O. The van der Waals surface area contributed by atoms with E-state index >= 15 is 0 Å². The van der Waals surface area contributed by atoms with Crippen LogP contribution in [0.2, 0.25) is 0 Å². The molecule has 0 aromatic heterocycles. The third kappa shape index (κ3) is 1.45. The molecule has 3 aromatic rings. The van der Waals surface area contributed by atoms with Crippen molar-refractivity contribution in [3.05, 3.63) is 81.5 Å². The van der Waals surface area contributed by atoms with Crippen molar-refractivity contribution in [3.8, 4) is 0 Å². The van der Waals surface area contributed by atoms with Crippen LogP contribution in [0.25, 0.3) is 34.1 Å². The van der Waals surface area contributed by atoms with E-state index in [9.17, 15) is 4.79 Å². The van der Waals surface area contributed by atoms with Gasteiger partial charge in [-0.3, -0.25) is 4.79 Å². The standard InChI is InChI=1S/C21H12O/c22-20-12-16-9-13-5-1-2-6-14(13)10-18(16)19-11-15-7-3-4-8-17(15)21(19)20/h1-12H. The van der Waals surface area contributed by atoms with E-state index in [-0.39, 0.29) is 5.78 Å². The molecule has 22 heavy (non-hydrogen) atoms. The quantitative estimate of drug-likeness (QED) is 0.600. The van der Waals surface area contributed by atoms with Crippen molar-refractivity contribution in [1.29, 1.82) is 0 Å². The first-order chi connectivity index (χ1) is 10.8. The number of hydrogen-bond donors (Lipinski definition) is 0. The number of benzene rings is 3. The number of rotatable bonds is 0. The molecule has 2 aliphatic rings. The van der Waals surface area contributed by atoms with Crippen molar-refractivity contribution in [3.63, 3.8) is 0 Å². The summed E-state index contributed by atoms with van der Waals surface area (Å²) >= 11 is 0. The van der Waals surface area contributed by atoms with E-state index in [0.717, 1.165) is 32.0 Å². The van der Waals surface area contributed by atoms with E-state index in [0.29, 0.717) is 0 Å². The van der Waals surface area contributed by atoms with Crippen LogP contribution >= 0.6 is 0 Å². The van der Waals surface area contributed by atoms with Gasteiger partial charge in [0.2, 0.25) is 0 Å². The van der Waals surface area contributed by atoms with E-state index in [2.05, 4.69) is 42.5 Å². The van der Waals surface area contributed by atoms with Crippen molar-refractivity contribution in [1.82, 2.24) is 0 Å². The van der Waals surface area contributed by atoms with Crippen LogP contribution in [0.3, 0.4) is 0 Å². The fraction of sp³-hybridized carbons (Fsp3) is 0. The van der Waals surface area contributed by atoms with Crippen molar-refractivity contribution < 1.29 is 4.79 Å². The van der Waals surface area contributed by atoms with Crippen LogP contribution in [0.4, 0.5) is 0 Å². The lowest BCUT2D eigenvalue weighted by Crippen LogP contribution is -2.33. The average Bonchev–Trinajstić information content (AvgIpc) is 2.94. The molecule has 2 aliphatic carbocycles. The Morgan fingerprint density at radius 3 is 2.23 bits per heavy atom. The lowest BCUT2D eigenvalue weighted by Gasteiger charge is -2.09. The second kappa shape index (κ2) is 4.05. The molecule has 0 saturated carbocycles.